The molecule has 1 heterocycles. The second kappa shape index (κ2) is 7.77. The first-order valence-corrected chi connectivity index (χ1v) is 7.49. The minimum Gasteiger partial charge on any atom is -0.338 e. The number of hydrogen-bond donors (Lipinski definition) is 1. The van der Waals surface area contributed by atoms with Crippen LogP contribution in [0, 0.1) is 0 Å². The van der Waals surface area contributed by atoms with Crippen molar-refractivity contribution in [1.29, 1.82) is 0 Å². The monoisotopic (exact) mass is 255 g/mol. The van der Waals surface area contributed by atoms with Gasteiger partial charge in [-0.1, -0.05) is 20.8 Å². The number of nitrogens with zero attached hydrogens (tertiary/aromatic N) is 2. The molecule has 1 aromatic rings. The van der Waals surface area contributed by atoms with E-state index in [1.807, 2.05) is 24.2 Å². The third-order valence-corrected chi connectivity index (χ3v) is 3.93. The first-order valence-electron chi connectivity index (χ1n) is 6.44. The Kier molecular flexibility index (Phi) is 6.66. The predicted molar refractivity (Wildman–Crippen MR) is 76.6 cm³/mol. The molecule has 1 atom stereocenters. The standard InChI is InChI=1S/C13H25N3S/c1-5-6-14-12(10-17-11(2)3)9-13-15-7-8-16(13)4/h7-8,11-12,14H,5-6,9-10H2,1-4H3. The van der Waals surface area contributed by atoms with E-state index < -0.39 is 0 Å². The molecule has 4 heteroatoms. The summed E-state index contributed by atoms with van der Waals surface area (Å²) in [6, 6.07) is 0.531. The zero-order valence-electron chi connectivity index (χ0n) is 11.4. The van der Waals surface area contributed by atoms with E-state index in [2.05, 4.69) is 42.7 Å². The van der Waals surface area contributed by atoms with Gasteiger partial charge in [0.15, 0.2) is 0 Å². The van der Waals surface area contributed by atoms with Crippen molar-refractivity contribution in [3.63, 3.8) is 0 Å². The average Bonchev–Trinajstić information content (AvgIpc) is 2.68. The Bertz CT molecular complexity index is 309. The lowest BCUT2D eigenvalue weighted by Gasteiger charge is -2.19. The van der Waals surface area contributed by atoms with E-state index in [4.69, 9.17) is 0 Å². The van der Waals surface area contributed by atoms with E-state index in [0.717, 1.165) is 18.7 Å². The third kappa shape index (κ3) is 5.59. The van der Waals surface area contributed by atoms with Crippen LogP contribution in [0.2, 0.25) is 0 Å². The Morgan fingerprint density at radius 2 is 2.24 bits per heavy atom. The SMILES string of the molecule is CCCNC(CSC(C)C)Cc1nccn1C. The molecule has 1 N–H and O–H groups in total. The Hall–Kier alpha value is -0.480. The van der Waals surface area contributed by atoms with Crippen LogP contribution in [0.3, 0.4) is 0 Å². The van der Waals surface area contributed by atoms with Crippen LogP contribution >= 0.6 is 11.8 Å². The first-order chi connectivity index (χ1) is 8.13. The van der Waals surface area contributed by atoms with E-state index in [1.165, 1.54) is 12.2 Å². The summed E-state index contributed by atoms with van der Waals surface area (Å²) < 4.78 is 2.11. The fraction of sp³-hybridized carbons (Fsp3) is 0.769. The summed E-state index contributed by atoms with van der Waals surface area (Å²) in [5, 5.41) is 4.31. The number of hydrogen-bond acceptors (Lipinski definition) is 3. The van der Waals surface area contributed by atoms with Crippen LogP contribution in [-0.2, 0) is 13.5 Å². The van der Waals surface area contributed by atoms with Gasteiger partial charge in [0.05, 0.1) is 0 Å². The molecule has 3 nitrogen and oxygen atoms in total. The molecule has 0 aliphatic heterocycles. The van der Waals surface area contributed by atoms with Crippen molar-refractivity contribution in [3.05, 3.63) is 18.2 Å². The van der Waals surface area contributed by atoms with Gasteiger partial charge in [-0.3, -0.25) is 0 Å². The molecule has 17 heavy (non-hydrogen) atoms. The summed E-state index contributed by atoms with van der Waals surface area (Å²) in [5.74, 6) is 2.33. The number of rotatable bonds is 8. The molecular weight excluding hydrogens is 230 g/mol. The largest absolute Gasteiger partial charge is 0.338 e. The van der Waals surface area contributed by atoms with Gasteiger partial charge in [-0.2, -0.15) is 11.8 Å². The molecule has 1 rings (SSSR count). The van der Waals surface area contributed by atoms with E-state index in [1.54, 1.807) is 0 Å². The molecule has 0 saturated carbocycles. The fourth-order valence-corrected chi connectivity index (χ4v) is 2.51. The second-order valence-corrected chi connectivity index (χ2v) is 6.30. The lowest BCUT2D eigenvalue weighted by atomic mass is 10.2. The van der Waals surface area contributed by atoms with Gasteiger partial charge in [-0.05, 0) is 18.2 Å². The molecule has 0 aliphatic rings. The lowest BCUT2D eigenvalue weighted by molar-refractivity contribution is 0.531. The molecule has 1 unspecified atom stereocenters. The molecule has 98 valence electrons. The molecule has 0 aromatic carbocycles. The van der Waals surface area contributed by atoms with Gasteiger partial charge in [-0.25, -0.2) is 4.98 Å². The van der Waals surface area contributed by atoms with Crippen molar-refractivity contribution >= 4 is 11.8 Å². The van der Waals surface area contributed by atoms with E-state index in [0.29, 0.717) is 11.3 Å². The number of nitrogens with one attached hydrogen (secondary N) is 1. The van der Waals surface area contributed by atoms with Gasteiger partial charge in [-0.15, -0.1) is 0 Å². The number of thioether (sulfide) groups is 1. The highest BCUT2D eigenvalue weighted by Crippen LogP contribution is 2.13. The molecule has 0 bridgehead atoms. The van der Waals surface area contributed by atoms with E-state index in [-0.39, 0.29) is 0 Å². The summed E-state index contributed by atoms with van der Waals surface area (Å²) in [5.41, 5.74) is 0. The van der Waals surface area contributed by atoms with Gasteiger partial charge >= 0.3 is 0 Å². The number of imidazole rings is 1. The minimum absolute atomic E-state index is 0.531. The Balaban J connectivity index is 2.47. The first kappa shape index (κ1) is 14.6. The van der Waals surface area contributed by atoms with Crippen LogP contribution in [0.25, 0.3) is 0 Å². The highest BCUT2D eigenvalue weighted by molar-refractivity contribution is 7.99. The molecule has 0 amide bonds. The van der Waals surface area contributed by atoms with Crippen LogP contribution < -0.4 is 5.32 Å². The second-order valence-electron chi connectivity index (χ2n) is 4.69. The molecule has 0 aliphatic carbocycles. The molecule has 1 aromatic heterocycles. The normalized spacial score (nSPS) is 13.2. The third-order valence-electron chi connectivity index (χ3n) is 2.66. The lowest BCUT2D eigenvalue weighted by Crippen LogP contribution is -2.35. The molecule has 0 radical (unpaired) electrons. The topological polar surface area (TPSA) is 29.9 Å². The van der Waals surface area contributed by atoms with Gasteiger partial charge in [0, 0.05) is 37.7 Å². The summed E-state index contributed by atoms with van der Waals surface area (Å²) in [7, 11) is 2.06. The van der Waals surface area contributed by atoms with Gasteiger partial charge in [0.1, 0.15) is 5.82 Å². The van der Waals surface area contributed by atoms with Crippen molar-refractivity contribution in [3.8, 4) is 0 Å². The van der Waals surface area contributed by atoms with Crippen molar-refractivity contribution in [2.45, 2.75) is 44.9 Å². The summed E-state index contributed by atoms with van der Waals surface area (Å²) in [4.78, 5) is 4.40. The molecular formula is C13H25N3S. The van der Waals surface area contributed by atoms with E-state index in [9.17, 15) is 0 Å². The van der Waals surface area contributed by atoms with Gasteiger partial charge in [0.2, 0.25) is 0 Å². The maximum Gasteiger partial charge on any atom is 0.109 e. The Morgan fingerprint density at radius 3 is 2.76 bits per heavy atom. The zero-order chi connectivity index (χ0) is 12.7. The van der Waals surface area contributed by atoms with Crippen molar-refractivity contribution < 1.29 is 0 Å². The number of aryl methyl sites for hydroxylation is 1. The minimum atomic E-state index is 0.531. The molecule has 0 fully saturated rings. The fourth-order valence-electron chi connectivity index (χ4n) is 1.66. The maximum absolute atomic E-state index is 4.40. The molecule has 0 saturated heterocycles. The van der Waals surface area contributed by atoms with Gasteiger partial charge in [0.25, 0.3) is 0 Å². The van der Waals surface area contributed by atoms with E-state index >= 15 is 0 Å². The summed E-state index contributed by atoms with van der Waals surface area (Å²) in [6.45, 7) is 7.80. The molecule has 0 spiro atoms. The highest BCUT2D eigenvalue weighted by Gasteiger charge is 2.12. The van der Waals surface area contributed by atoms with Crippen LogP contribution in [-0.4, -0.2) is 33.1 Å². The van der Waals surface area contributed by atoms with Crippen LogP contribution in [0.1, 0.15) is 33.0 Å². The Labute approximate surface area is 109 Å². The van der Waals surface area contributed by atoms with Crippen LogP contribution in [0.4, 0.5) is 0 Å². The van der Waals surface area contributed by atoms with Crippen LogP contribution in [0.5, 0.6) is 0 Å². The maximum atomic E-state index is 4.40. The highest BCUT2D eigenvalue weighted by atomic mass is 32.2. The van der Waals surface area contributed by atoms with Gasteiger partial charge < -0.3 is 9.88 Å². The van der Waals surface area contributed by atoms with Crippen molar-refractivity contribution in [2.75, 3.05) is 12.3 Å². The van der Waals surface area contributed by atoms with Crippen molar-refractivity contribution in [2.24, 2.45) is 7.05 Å². The number of aromatic nitrogens is 2. The smallest absolute Gasteiger partial charge is 0.109 e. The zero-order valence-corrected chi connectivity index (χ0v) is 12.3. The predicted octanol–water partition coefficient (Wildman–Crippen LogP) is 2.47. The Morgan fingerprint density at radius 1 is 1.47 bits per heavy atom. The van der Waals surface area contributed by atoms with Crippen LogP contribution in [0.15, 0.2) is 12.4 Å². The summed E-state index contributed by atoms with van der Waals surface area (Å²) >= 11 is 2.02. The average molecular weight is 255 g/mol. The summed E-state index contributed by atoms with van der Waals surface area (Å²) in [6.07, 6.45) is 6.09. The quantitative estimate of drug-likeness (QED) is 0.774. The van der Waals surface area contributed by atoms with Crippen molar-refractivity contribution in [1.82, 2.24) is 14.9 Å².